The average molecular weight is 375 g/mol. The lowest BCUT2D eigenvalue weighted by molar-refractivity contribution is 0.0754. The van der Waals surface area contributed by atoms with Crippen molar-refractivity contribution < 1.29 is 0 Å². The van der Waals surface area contributed by atoms with Gasteiger partial charge >= 0.3 is 0 Å². The first-order valence-corrected chi connectivity index (χ1v) is 12.4. The van der Waals surface area contributed by atoms with Gasteiger partial charge in [-0.2, -0.15) is 5.26 Å². The Morgan fingerprint density at radius 3 is 2.00 bits per heavy atom. The van der Waals surface area contributed by atoms with Crippen LogP contribution in [-0.4, -0.2) is 24.0 Å². The third kappa shape index (κ3) is 7.77. The van der Waals surface area contributed by atoms with Gasteiger partial charge in [-0.1, -0.05) is 78.1 Å². The Balaban J connectivity index is 1.63. The molecule has 0 spiro atoms. The van der Waals surface area contributed by atoms with Gasteiger partial charge in [0.25, 0.3) is 0 Å². The molecule has 0 aromatic rings. The van der Waals surface area contributed by atoms with E-state index >= 15 is 0 Å². The van der Waals surface area contributed by atoms with Gasteiger partial charge in [0.15, 0.2) is 0 Å². The molecule has 2 rings (SSSR count). The predicted octanol–water partition coefficient (Wildman–Crippen LogP) is 7.48. The zero-order valence-electron chi connectivity index (χ0n) is 18.5. The second-order valence-electron chi connectivity index (χ2n) is 9.62. The normalized spacial score (nSPS) is 27.5. The number of hydrogen-bond acceptors (Lipinski definition) is 2. The van der Waals surface area contributed by atoms with Crippen molar-refractivity contribution in [3.8, 4) is 6.07 Å². The highest BCUT2D eigenvalue weighted by Crippen LogP contribution is 2.42. The molecule has 0 atom stereocenters. The van der Waals surface area contributed by atoms with E-state index in [-0.39, 0.29) is 5.41 Å². The largest absolute Gasteiger partial charge is 0.300 e. The van der Waals surface area contributed by atoms with Gasteiger partial charge in [0, 0.05) is 6.04 Å². The highest BCUT2D eigenvalue weighted by Gasteiger charge is 2.37. The van der Waals surface area contributed by atoms with Crippen LogP contribution in [0.4, 0.5) is 0 Å². The molecule has 2 aliphatic rings. The quantitative estimate of drug-likeness (QED) is 0.331. The van der Waals surface area contributed by atoms with Gasteiger partial charge < -0.3 is 4.90 Å². The Labute approximate surface area is 170 Å². The molecule has 1 aliphatic heterocycles. The lowest BCUT2D eigenvalue weighted by Gasteiger charge is -2.43. The fraction of sp³-hybridized carbons (Fsp3) is 0.960. The van der Waals surface area contributed by atoms with Crippen molar-refractivity contribution in [1.82, 2.24) is 4.90 Å². The third-order valence-electron chi connectivity index (χ3n) is 7.54. The Morgan fingerprint density at radius 1 is 0.815 bits per heavy atom. The average Bonchev–Trinajstić information content (AvgIpc) is 2.72. The van der Waals surface area contributed by atoms with Crippen LogP contribution < -0.4 is 0 Å². The lowest BCUT2D eigenvalue weighted by Crippen LogP contribution is -2.44. The standard InChI is InChI=1S/C25H46N2/c1-3-5-7-9-10-12-23-15-20-27(21-16-23)24-13-18-25(22-26,19-14-24)17-11-8-6-4-2/h23-24H,3-21H2,1-2H3/t24-,25-. The summed E-state index contributed by atoms with van der Waals surface area (Å²) < 4.78 is 0. The van der Waals surface area contributed by atoms with E-state index in [1.165, 1.54) is 103 Å². The van der Waals surface area contributed by atoms with Gasteiger partial charge in [0.1, 0.15) is 0 Å². The van der Waals surface area contributed by atoms with Crippen LogP contribution in [0.2, 0.25) is 0 Å². The zero-order valence-corrected chi connectivity index (χ0v) is 18.5. The first-order valence-electron chi connectivity index (χ1n) is 12.4. The van der Waals surface area contributed by atoms with E-state index in [4.69, 9.17) is 0 Å². The Bertz CT molecular complexity index is 409. The fourth-order valence-corrected chi connectivity index (χ4v) is 5.47. The minimum atomic E-state index is 0.0149. The molecule has 1 saturated heterocycles. The van der Waals surface area contributed by atoms with Gasteiger partial charge in [-0.3, -0.25) is 0 Å². The second kappa shape index (κ2) is 12.8. The maximum atomic E-state index is 9.80. The molecule has 1 saturated carbocycles. The van der Waals surface area contributed by atoms with E-state index in [9.17, 15) is 5.26 Å². The number of piperidine rings is 1. The van der Waals surface area contributed by atoms with E-state index < -0.39 is 0 Å². The van der Waals surface area contributed by atoms with Gasteiger partial charge in [0.2, 0.25) is 0 Å². The van der Waals surface area contributed by atoms with Crippen LogP contribution in [-0.2, 0) is 0 Å². The van der Waals surface area contributed by atoms with Crippen molar-refractivity contribution in [1.29, 1.82) is 5.26 Å². The van der Waals surface area contributed by atoms with Crippen molar-refractivity contribution in [2.75, 3.05) is 13.1 Å². The van der Waals surface area contributed by atoms with Gasteiger partial charge in [0.05, 0.1) is 11.5 Å². The zero-order chi connectivity index (χ0) is 19.4. The summed E-state index contributed by atoms with van der Waals surface area (Å²) in [6.45, 7) is 7.20. The molecule has 0 aromatic carbocycles. The molecule has 2 heteroatoms. The SMILES string of the molecule is CCCCCCCC1CCN([C@H]2CC[C@@](C#N)(CCCCCC)CC2)CC1. The summed E-state index contributed by atoms with van der Waals surface area (Å²) in [7, 11) is 0. The summed E-state index contributed by atoms with van der Waals surface area (Å²) in [5.41, 5.74) is 0.0149. The number of rotatable bonds is 12. The monoisotopic (exact) mass is 374 g/mol. The summed E-state index contributed by atoms with van der Waals surface area (Å²) in [6, 6.07) is 3.51. The Hall–Kier alpha value is -0.550. The minimum absolute atomic E-state index is 0.0149. The molecule has 0 bridgehead atoms. The minimum Gasteiger partial charge on any atom is -0.300 e. The number of nitrogens with zero attached hydrogens (tertiary/aromatic N) is 2. The van der Waals surface area contributed by atoms with E-state index in [1.807, 2.05) is 0 Å². The van der Waals surface area contributed by atoms with Crippen LogP contribution in [0.25, 0.3) is 0 Å². The van der Waals surface area contributed by atoms with Crippen LogP contribution >= 0.6 is 0 Å². The highest BCUT2D eigenvalue weighted by molar-refractivity contribution is 5.03. The van der Waals surface area contributed by atoms with Crippen LogP contribution in [0.5, 0.6) is 0 Å². The molecule has 2 nitrogen and oxygen atoms in total. The summed E-state index contributed by atoms with van der Waals surface area (Å²) in [6.07, 6.45) is 22.6. The van der Waals surface area contributed by atoms with Crippen molar-refractivity contribution in [2.24, 2.45) is 11.3 Å². The second-order valence-corrected chi connectivity index (χ2v) is 9.62. The molecule has 0 aromatic heterocycles. The smallest absolute Gasteiger partial charge is 0.0689 e. The molecule has 0 radical (unpaired) electrons. The van der Waals surface area contributed by atoms with E-state index in [0.29, 0.717) is 0 Å². The van der Waals surface area contributed by atoms with E-state index in [1.54, 1.807) is 0 Å². The molecule has 0 amide bonds. The van der Waals surface area contributed by atoms with E-state index in [2.05, 4.69) is 24.8 Å². The molecule has 0 N–H and O–H groups in total. The molecule has 1 heterocycles. The maximum Gasteiger partial charge on any atom is 0.0689 e. The van der Waals surface area contributed by atoms with Crippen LogP contribution in [0.1, 0.15) is 123 Å². The topological polar surface area (TPSA) is 27.0 Å². The summed E-state index contributed by atoms with van der Waals surface area (Å²) in [4.78, 5) is 2.78. The lowest BCUT2D eigenvalue weighted by atomic mass is 9.70. The highest BCUT2D eigenvalue weighted by atomic mass is 15.2. The molecule has 2 fully saturated rings. The molecule has 0 unspecified atom stereocenters. The Kier molecular flexibility index (Phi) is 10.8. The third-order valence-corrected chi connectivity index (χ3v) is 7.54. The molecule has 1 aliphatic carbocycles. The van der Waals surface area contributed by atoms with Crippen LogP contribution in [0, 0.1) is 22.7 Å². The van der Waals surface area contributed by atoms with Gasteiger partial charge in [-0.15, -0.1) is 0 Å². The van der Waals surface area contributed by atoms with E-state index in [0.717, 1.165) is 31.2 Å². The fourth-order valence-electron chi connectivity index (χ4n) is 5.47. The Morgan fingerprint density at radius 2 is 1.41 bits per heavy atom. The van der Waals surface area contributed by atoms with Crippen molar-refractivity contribution >= 4 is 0 Å². The first-order chi connectivity index (χ1) is 13.2. The number of likely N-dealkylation sites (tertiary alicyclic amines) is 1. The number of hydrogen-bond donors (Lipinski definition) is 0. The van der Waals surface area contributed by atoms with Crippen LogP contribution in [0.15, 0.2) is 0 Å². The van der Waals surface area contributed by atoms with Crippen molar-refractivity contribution in [2.45, 2.75) is 129 Å². The number of nitriles is 1. The molecular weight excluding hydrogens is 328 g/mol. The van der Waals surface area contributed by atoms with Gasteiger partial charge in [-0.25, -0.2) is 0 Å². The van der Waals surface area contributed by atoms with Gasteiger partial charge in [-0.05, 0) is 64.0 Å². The van der Waals surface area contributed by atoms with Crippen molar-refractivity contribution in [3.63, 3.8) is 0 Å². The first kappa shape index (κ1) is 22.7. The molecular formula is C25H46N2. The van der Waals surface area contributed by atoms with Crippen LogP contribution in [0.3, 0.4) is 0 Å². The maximum absolute atomic E-state index is 9.80. The number of unbranched alkanes of at least 4 members (excludes halogenated alkanes) is 7. The molecule has 156 valence electrons. The molecule has 27 heavy (non-hydrogen) atoms. The van der Waals surface area contributed by atoms with Crippen molar-refractivity contribution in [3.05, 3.63) is 0 Å². The summed E-state index contributed by atoms with van der Waals surface area (Å²) >= 11 is 0. The summed E-state index contributed by atoms with van der Waals surface area (Å²) in [5, 5.41) is 9.80. The predicted molar refractivity (Wildman–Crippen MR) is 117 cm³/mol. The summed E-state index contributed by atoms with van der Waals surface area (Å²) in [5.74, 6) is 0.989.